The van der Waals surface area contributed by atoms with Crippen molar-refractivity contribution in [2.75, 3.05) is 52.8 Å². The SMILES string of the molecule is CCCCOCC1O[C@@H](OCC2O[C@@H](OCCNC(=O)CCC(=O)O)C(NC(=O)C[C@@H](CC)OC(=O)CC)C(OC(=O)CC)[C@@H]2OCCCC)[C@@H](NC(=O)C[C@@H](CC)OC(=O)CC)C(OC(=O)CC)[C@@H]1OP(=O)(OCCCC)OCCCC. The lowest BCUT2D eigenvalue weighted by Crippen LogP contribution is -2.68. The minimum Gasteiger partial charge on any atom is -0.481 e. The molecule has 2 aliphatic rings. The molecule has 2 saturated heterocycles. The number of esters is 4. The maximum atomic E-state index is 14.8. The highest BCUT2D eigenvalue weighted by Gasteiger charge is 2.55. The Morgan fingerprint density at radius 2 is 0.964 bits per heavy atom. The largest absolute Gasteiger partial charge is 0.481 e. The molecular formula is C56H98N3O23P. The predicted octanol–water partition coefficient (Wildman–Crippen LogP) is 6.44. The van der Waals surface area contributed by atoms with E-state index in [9.17, 15) is 42.9 Å². The van der Waals surface area contributed by atoms with Gasteiger partial charge in [-0.15, -0.1) is 0 Å². The lowest BCUT2D eigenvalue weighted by Gasteiger charge is -2.48. The van der Waals surface area contributed by atoms with E-state index in [1.807, 2.05) is 27.7 Å². The predicted molar refractivity (Wildman–Crippen MR) is 298 cm³/mol. The minimum atomic E-state index is -4.52. The lowest BCUT2D eigenvalue weighted by molar-refractivity contribution is -0.309. The third-order valence-corrected chi connectivity index (χ3v) is 14.6. The number of carbonyl (C=O) groups is 8. The molecule has 26 nitrogen and oxygen atoms in total. The molecule has 480 valence electrons. The molecule has 2 rings (SSSR count). The molecule has 2 aliphatic heterocycles. The van der Waals surface area contributed by atoms with E-state index in [1.165, 1.54) is 0 Å². The van der Waals surface area contributed by atoms with Crippen molar-refractivity contribution >= 4 is 55.4 Å². The molecule has 2 heterocycles. The molecule has 5 unspecified atom stereocenters. The molecule has 3 amide bonds. The van der Waals surface area contributed by atoms with E-state index in [4.69, 9.17) is 66.0 Å². The number of aliphatic carboxylic acids is 1. The summed E-state index contributed by atoms with van der Waals surface area (Å²) in [4.78, 5) is 104. The van der Waals surface area contributed by atoms with Crippen LogP contribution in [0.3, 0.4) is 0 Å². The number of carboxylic acids is 1. The van der Waals surface area contributed by atoms with Crippen molar-refractivity contribution in [3.63, 3.8) is 0 Å². The minimum absolute atomic E-state index is 0.0207. The quantitative estimate of drug-likeness (QED) is 0.0221. The van der Waals surface area contributed by atoms with Gasteiger partial charge in [0.25, 0.3) is 0 Å². The zero-order valence-electron chi connectivity index (χ0n) is 50.7. The van der Waals surface area contributed by atoms with Crippen LogP contribution in [0.5, 0.6) is 0 Å². The molecule has 27 heteroatoms. The Kier molecular flexibility index (Phi) is 38.2. The zero-order valence-corrected chi connectivity index (χ0v) is 51.6. The van der Waals surface area contributed by atoms with Crippen LogP contribution in [0.25, 0.3) is 0 Å². The van der Waals surface area contributed by atoms with Crippen LogP contribution in [0, 0.1) is 0 Å². The molecule has 0 saturated carbocycles. The number of ether oxygens (including phenoxy) is 10. The number of hydrogen-bond donors (Lipinski definition) is 4. The van der Waals surface area contributed by atoms with Crippen LogP contribution in [0.15, 0.2) is 0 Å². The number of carboxylic acid groups (broad SMARTS) is 1. The summed E-state index contributed by atoms with van der Waals surface area (Å²) in [5.74, 6) is -5.60. The van der Waals surface area contributed by atoms with Crippen molar-refractivity contribution in [1.82, 2.24) is 16.0 Å². The van der Waals surface area contributed by atoms with Gasteiger partial charge in [0.15, 0.2) is 24.8 Å². The molecule has 4 N–H and O–H groups in total. The van der Waals surface area contributed by atoms with Crippen molar-refractivity contribution in [2.24, 2.45) is 0 Å². The third kappa shape index (κ3) is 28.6. The second-order valence-corrected chi connectivity index (χ2v) is 21.6. The standard InChI is InChI=1S/C56H98N3O23P/c1-11-21-28-70-35-39-52(82-83(69,74-30-23-13-3)75-31-24-14-4)54(81-48(68)20-10)50(59-43(62)34-38(16-6)77-46(66)18-8)56(78-39)73-36-40-51(71-29-22-12-2)53(80-47(67)19-9)49(58-42(61)33-37(15-5)76-45(65)17-7)55(79-40)72-32-27-57-41(60)25-26-44(63)64/h37-40,49-56H,11-36H2,1-10H3,(H,57,60)(H,58,61)(H,59,62)(H,63,64)/t37-,38-,39?,40?,49?,50+,51-,52-,53?,54?,55-,56-/m1/s1. The smallest absolute Gasteiger partial charge is 0.475 e. The van der Waals surface area contributed by atoms with Crippen LogP contribution >= 0.6 is 7.82 Å². The van der Waals surface area contributed by atoms with E-state index < -0.39 is 142 Å². The average molecular weight is 1210 g/mol. The summed E-state index contributed by atoms with van der Waals surface area (Å²) >= 11 is 0. The topological polar surface area (TPSA) is 330 Å². The first kappa shape index (κ1) is 74.7. The fraction of sp³-hybridized carbons (Fsp3) is 0.857. The fourth-order valence-corrected chi connectivity index (χ4v) is 9.74. The third-order valence-electron chi connectivity index (χ3n) is 13.1. The van der Waals surface area contributed by atoms with Gasteiger partial charge >= 0.3 is 37.7 Å². The van der Waals surface area contributed by atoms with Crippen molar-refractivity contribution < 1.29 is 109 Å². The van der Waals surface area contributed by atoms with Crippen LogP contribution < -0.4 is 16.0 Å². The second kappa shape index (κ2) is 42.4. The van der Waals surface area contributed by atoms with E-state index in [-0.39, 0.29) is 104 Å². The van der Waals surface area contributed by atoms with Gasteiger partial charge in [-0.2, -0.15) is 0 Å². The Balaban J connectivity index is 2.94. The average Bonchev–Trinajstić information content (AvgIpc) is 3.08. The number of unbranched alkanes of at least 4 members (excludes halogenated alkanes) is 4. The maximum Gasteiger partial charge on any atom is 0.475 e. The van der Waals surface area contributed by atoms with Crippen LogP contribution in [0.1, 0.15) is 185 Å². The van der Waals surface area contributed by atoms with Gasteiger partial charge in [0, 0.05) is 51.9 Å². The summed E-state index contributed by atoms with van der Waals surface area (Å²) in [5.41, 5.74) is 0. The van der Waals surface area contributed by atoms with Crippen LogP contribution in [-0.4, -0.2) is 179 Å². The maximum absolute atomic E-state index is 14.8. The second-order valence-electron chi connectivity index (χ2n) is 20.0. The van der Waals surface area contributed by atoms with E-state index >= 15 is 0 Å². The summed E-state index contributed by atoms with van der Waals surface area (Å²) in [7, 11) is -4.52. The van der Waals surface area contributed by atoms with E-state index in [0.717, 1.165) is 6.42 Å². The Morgan fingerprint density at radius 1 is 0.506 bits per heavy atom. The number of phosphoric acid groups is 1. The van der Waals surface area contributed by atoms with Gasteiger partial charge < -0.3 is 68.4 Å². The van der Waals surface area contributed by atoms with Gasteiger partial charge in [-0.3, -0.25) is 51.9 Å². The van der Waals surface area contributed by atoms with Gasteiger partial charge in [0.05, 0.1) is 52.3 Å². The Labute approximate surface area is 490 Å². The fourth-order valence-electron chi connectivity index (χ4n) is 8.29. The monoisotopic (exact) mass is 1210 g/mol. The molecule has 0 aromatic heterocycles. The Hall–Kier alpha value is -4.37. The van der Waals surface area contributed by atoms with Crippen molar-refractivity contribution in [3.05, 3.63) is 0 Å². The van der Waals surface area contributed by atoms with E-state index in [1.54, 1.807) is 41.5 Å². The number of amides is 3. The normalized spacial score (nSPS) is 23.3. The summed E-state index contributed by atoms with van der Waals surface area (Å²) in [6.45, 7) is 16.6. The van der Waals surface area contributed by atoms with Crippen molar-refractivity contribution in [2.45, 2.75) is 258 Å². The molecule has 0 bridgehead atoms. The van der Waals surface area contributed by atoms with Gasteiger partial charge in [-0.05, 0) is 38.5 Å². The molecule has 0 spiro atoms. The molecular weight excluding hydrogens is 1110 g/mol. The molecule has 83 heavy (non-hydrogen) atoms. The first-order valence-corrected chi connectivity index (χ1v) is 31.4. The number of hydrogen-bond acceptors (Lipinski definition) is 22. The number of nitrogens with one attached hydrogen (secondary N) is 3. The van der Waals surface area contributed by atoms with Gasteiger partial charge in [-0.25, -0.2) is 4.57 Å². The van der Waals surface area contributed by atoms with Crippen LogP contribution in [-0.2, 0) is 104 Å². The Bertz CT molecular complexity index is 1970. The van der Waals surface area contributed by atoms with Gasteiger partial charge in [0.2, 0.25) is 17.7 Å². The highest BCUT2D eigenvalue weighted by atomic mass is 31.2. The first-order valence-electron chi connectivity index (χ1n) is 29.9. The van der Waals surface area contributed by atoms with Crippen LogP contribution in [0.4, 0.5) is 0 Å². The molecule has 12 atom stereocenters. The summed E-state index contributed by atoms with van der Waals surface area (Å²) in [6.07, 6.45) is -9.23. The summed E-state index contributed by atoms with van der Waals surface area (Å²) in [5, 5.41) is 17.4. The van der Waals surface area contributed by atoms with E-state index in [2.05, 4.69) is 16.0 Å². The number of phosphoric ester groups is 1. The molecule has 2 fully saturated rings. The zero-order chi connectivity index (χ0) is 61.7. The molecule has 0 aliphatic carbocycles. The van der Waals surface area contributed by atoms with Crippen molar-refractivity contribution in [3.8, 4) is 0 Å². The highest BCUT2D eigenvalue weighted by molar-refractivity contribution is 7.48. The first-order chi connectivity index (χ1) is 39.8. The summed E-state index contributed by atoms with van der Waals surface area (Å²) in [6, 6.07) is -2.84. The summed E-state index contributed by atoms with van der Waals surface area (Å²) < 4.78 is 95.2. The van der Waals surface area contributed by atoms with Crippen LogP contribution in [0.2, 0.25) is 0 Å². The number of rotatable bonds is 45. The van der Waals surface area contributed by atoms with E-state index in [0.29, 0.717) is 44.9 Å². The molecule has 0 radical (unpaired) electrons. The Morgan fingerprint density at radius 3 is 1.43 bits per heavy atom. The lowest BCUT2D eigenvalue weighted by atomic mass is 9.95. The highest BCUT2D eigenvalue weighted by Crippen LogP contribution is 2.53. The molecule has 0 aromatic rings. The van der Waals surface area contributed by atoms with Crippen molar-refractivity contribution in [1.29, 1.82) is 0 Å². The van der Waals surface area contributed by atoms with Gasteiger partial charge in [0.1, 0.15) is 48.7 Å². The number of carbonyl (C=O) groups excluding carboxylic acids is 7. The molecule has 0 aromatic carbocycles. The van der Waals surface area contributed by atoms with Gasteiger partial charge in [-0.1, -0.05) is 94.9 Å².